The molecule has 26 heavy (non-hydrogen) atoms. The van der Waals surface area contributed by atoms with Crippen LogP contribution in [0.3, 0.4) is 0 Å². The minimum atomic E-state index is -2.66. The average Bonchev–Trinajstić information content (AvgIpc) is 2.54. The molecule has 2 aromatic rings. The number of nitrogens with zero attached hydrogens (tertiary/aromatic N) is 2. The van der Waals surface area contributed by atoms with Gasteiger partial charge in [0.2, 0.25) is 0 Å². The molecule has 0 atom stereocenters. The van der Waals surface area contributed by atoms with Crippen molar-refractivity contribution >= 4 is 18.2 Å². The first-order valence-electron chi connectivity index (χ1n) is 7.92. The highest BCUT2D eigenvalue weighted by Crippen LogP contribution is 2.22. The molecule has 8 heteroatoms. The zero-order valence-electron chi connectivity index (χ0n) is 14.6. The molecule has 0 unspecified atom stereocenters. The van der Waals surface area contributed by atoms with E-state index < -0.39 is 18.1 Å². The quantitative estimate of drug-likeness (QED) is 0.719. The SMILES string of the molecule is CN(C)CCc1cc(F)c(F)c(CCc2cc(C(F)F)cc(N)n2)c1.Cl. The van der Waals surface area contributed by atoms with E-state index in [-0.39, 0.29) is 42.2 Å². The second kappa shape index (κ2) is 9.73. The standard InChI is InChI=1S/C18H21F4N3.ClH/c1-25(2)6-5-11-7-12(17(20)15(19)8-11)3-4-14-9-13(18(21)22)10-16(23)24-14;/h7-10,18H,3-6H2,1-2H3,(H2,23,24);1H. The normalized spacial score (nSPS) is 11.1. The molecule has 1 heterocycles. The number of hydrogen-bond donors (Lipinski definition) is 1. The van der Waals surface area contributed by atoms with Gasteiger partial charge in [-0.1, -0.05) is 6.07 Å². The fraction of sp³-hybridized carbons (Fsp3) is 0.389. The summed E-state index contributed by atoms with van der Waals surface area (Å²) in [7, 11) is 3.79. The van der Waals surface area contributed by atoms with Crippen LogP contribution in [0.4, 0.5) is 23.4 Å². The molecule has 0 saturated heterocycles. The summed E-state index contributed by atoms with van der Waals surface area (Å²) >= 11 is 0. The van der Waals surface area contributed by atoms with Crippen LogP contribution in [0.25, 0.3) is 0 Å². The zero-order valence-corrected chi connectivity index (χ0v) is 15.4. The third-order valence-corrected chi connectivity index (χ3v) is 3.83. The lowest BCUT2D eigenvalue weighted by Crippen LogP contribution is -2.15. The van der Waals surface area contributed by atoms with E-state index in [1.807, 2.05) is 19.0 Å². The Labute approximate surface area is 156 Å². The summed E-state index contributed by atoms with van der Waals surface area (Å²) in [6.45, 7) is 0.707. The zero-order chi connectivity index (χ0) is 18.6. The van der Waals surface area contributed by atoms with Gasteiger partial charge in [0.05, 0.1) is 0 Å². The van der Waals surface area contributed by atoms with E-state index >= 15 is 0 Å². The Morgan fingerprint density at radius 1 is 1.04 bits per heavy atom. The largest absolute Gasteiger partial charge is 0.384 e. The minimum absolute atomic E-state index is 0. The number of rotatable bonds is 7. The van der Waals surface area contributed by atoms with Crippen molar-refractivity contribution in [3.8, 4) is 0 Å². The number of anilines is 1. The van der Waals surface area contributed by atoms with Crippen molar-refractivity contribution < 1.29 is 17.6 Å². The number of nitrogens with two attached hydrogens (primary N) is 1. The second-order valence-electron chi connectivity index (χ2n) is 6.22. The Bertz CT molecular complexity index is 739. The van der Waals surface area contributed by atoms with Gasteiger partial charge < -0.3 is 10.6 Å². The van der Waals surface area contributed by atoms with Crippen molar-refractivity contribution in [1.29, 1.82) is 0 Å². The van der Waals surface area contributed by atoms with Crippen molar-refractivity contribution in [2.45, 2.75) is 25.7 Å². The van der Waals surface area contributed by atoms with Crippen LogP contribution in [-0.4, -0.2) is 30.5 Å². The van der Waals surface area contributed by atoms with Crippen molar-refractivity contribution in [1.82, 2.24) is 9.88 Å². The smallest absolute Gasteiger partial charge is 0.264 e. The van der Waals surface area contributed by atoms with Gasteiger partial charge in [0.25, 0.3) is 6.43 Å². The van der Waals surface area contributed by atoms with Crippen molar-refractivity contribution in [2.24, 2.45) is 0 Å². The van der Waals surface area contributed by atoms with Crippen molar-refractivity contribution in [3.63, 3.8) is 0 Å². The van der Waals surface area contributed by atoms with E-state index in [1.54, 1.807) is 6.07 Å². The Morgan fingerprint density at radius 2 is 1.73 bits per heavy atom. The van der Waals surface area contributed by atoms with Gasteiger partial charge in [-0.05, 0) is 62.7 Å². The average molecular weight is 392 g/mol. The fourth-order valence-electron chi connectivity index (χ4n) is 2.54. The predicted molar refractivity (Wildman–Crippen MR) is 96.9 cm³/mol. The molecule has 0 amide bonds. The number of aryl methyl sites for hydroxylation is 2. The Hall–Kier alpha value is -1.86. The topological polar surface area (TPSA) is 42.1 Å². The molecule has 0 bridgehead atoms. The van der Waals surface area contributed by atoms with Crippen LogP contribution in [-0.2, 0) is 19.3 Å². The third kappa shape index (κ3) is 6.14. The summed E-state index contributed by atoms with van der Waals surface area (Å²) < 4.78 is 53.4. The molecule has 0 fully saturated rings. The van der Waals surface area contributed by atoms with Gasteiger partial charge in [0.1, 0.15) is 5.82 Å². The van der Waals surface area contributed by atoms with Crippen molar-refractivity contribution in [3.05, 3.63) is 58.3 Å². The summed E-state index contributed by atoms with van der Waals surface area (Å²) in [6, 6.07) is 5.15. The molecular formula is C18H22ClF4N3. The summed E-state index contributed by atoms with van der Waals surface area (Å²) in [4.78, 5) is 5.93. The molecular weight excluding hydrogens is 370 g/mol. The first-order chi connectivity index (χ1) is 11.8. The highest BCUT2D eigenvalue weighted by molar-refractivity contribution is 5.85. The van der Waals surface area contributed by atoms with Gasteiger partial charge in [-0.3, -0.25) is 0 Å². The Kier molecular flexibility index (Phi) is 8.30. The maximum Gasteiger partial charge on any atom is 0.264 e. The molecule has 2 rings (SSSR count). The van der Waals surface area contributed by atoms with E-state index in [1.165, 1.54) is 12.1 Å². The number of alkyl halides is 2. The number of halogens is 5. The molecule has 1 aromatic carbocycles. The van der Waals surface area contributed by atoms with Gasteiger partial charge in [-0.2, -0.15) is 0 Å². The second-order valence-corrected chi connectivity index (χ2v) is 6.22. The van der Waals surface area contributed by atoms with Gasteiger partial charge >= 0.3 is 0 Å². The molecule has 0 aliphatic heterocycles. The predicted octanol–water partition coefficient (Wildman–Crippen LogP) is 4.19. The van der Waals surface area contributed by atoms with Gasteiger partial charge in [-0.15, -0.1) is 12.4 Å². The third-order valence-electron chi connectivity index (χ3n) is 3.83. The van der Waals surface area contributed by atoms with Crippen molar-refractivity contribution in [2.75, 3.05) is 26.4 Å². The number of likely N-dealkylation sites (N-methyl/N-ethyl adjacent to an activating group) is 1. The number of aromatic nitrogens is 1. The molecule has 0 spiro atoms. The fourth-order valence-corrected chi connectivity index (χ4v) is 2.54. The highest BCUT2D eigenvalue weighted by atomic mass is 35.5. The van der Waals surface area contributed by atoms with Crippen LogP contribution in [0.2, 0.25) is 0 Å². The Balaban J connectivity index is 0.00000338. The summed E-state index contributed by atoms with van der Waals surface area (Å²) in [5.41, 5.74) is 6.52. The van der Waals surface area contributed by atoms with E-state index in [4.69, 9.17) is 5.73 Å². The monoisotopic (exact) mass is 391 g/mol. The highest BCUT2D eigenvalue weighted by Gasteiger charge is 2.14. The number of hydrogen-bond acceptors (Lipinski definition) is 3. The van der Waals surface area contributed by atoms with E-state index in [2.05, 4.69) is 4.98 Å². The lowest BCUT2D eigenvalue weighted by atomic mass is 10.0. The maximum atomic E-state index is 14.0. The van der Waals surface area contributed by atoms with Gasteiger partial charge in [0, 0.05) is 17.8 Å². The molecule has 0 radical (unpaired) electrons. The maximum absolute atomic E-state index is 14.0. The first kappa shape index (κ1) is 22.2. The van der Waals surface area contributed by atoms with E-state index in [0.29, 0.717) is 24.2 Å². The molecule has 2 N–H and O–H groups in total. The molecule has 1 aromatic heterocycles. The number of benzene rings is 1. The van der Waals surface area contributed by atoms with Crippen LogP contribution >= 0.6 is 12.4 Å². The Morgan fingerprint density at radius 3 is 2.35 bits per heavy atom. The number of nitrogen functional groups attached to an aromatic ring is 1. The summed E-state index contributed by atoms with van der Waals surface area (Å²) in [6.07, 6.45) is -1.73. The molecule has 3 nitrogen and oxygen atoms in total. The van der Waals surface area contributed by atoms with Crippen LogP contribution in [0, 0.1) is 11.6 Å². The molecule has 0 aliphatic rings. The lowest BCUT2D eigenvalue weighted by Gasteiger charge is -2.12. The molecule has 144 valence electrons. The molecule has 0 aliphatic carbocycles. The van der Waals surface area contributed by atoms with E-state index in [9.17, 15) is 17.6 Å². The van der Waals surface area contributed by atoms with Crippen LogP contribution in [0.5, 0.6) is 0 Å². The minimum Gasteiger partial charge on any atom is -0.384 e. The van der Waals surface area contributed by atoms with Crippen LogP contribution in [0.15, 0.2) is 24.3 Å². The summed E-state index contributed by atoms with van der Waals surface area (Å²) in [5, 5.41) is 0. The van der Waals surface area contributed by atoms with Gasteiger partial charge in [-0.25, -0.2) is 22.5 Å². The summed E-state index contributed by atoms with van der Waals surface area (Å²) in [5.74, 6) is -1.83. The molecule has 0 saturated carbocycles. The first-order valence-corrected chi connectivity index (χ1v) is 7.92. The van der Waals surface area contributed by atoms with Crippen LogP contribution in [0.1, 0.15) is 28.8 Å². The lowest BCUT2D eigenvalue weighted by molar-refractivity contribution is 0.151. The number of pyridine rings is 1. The van der Waals surface area contributed by atoms with E-state index in [0.717, 1.165) is 6.07 Å². The van der Waals surface area contributed by atoms with Crippen LogP contribution < -0.4 is 5.73 Å². The van der Waals surface area contributed by atoms with Gasteiger partial charge in [0.15, 0.2) is 11.6 Å².